The van der Waals surface area contributed by atoms with Crippen molar-refractivity contribution in [2.24, 2.45) is 5.92 Å². The van der Waals surface area contributed by atoms with E-state index in [0.29, 0.717) is 0 Å². The Morgan fingerprint density at radius 3 is 2.09 bits per heavy atom. The Hall–Kier alpha value is -0.180. The average molecular weight is 163 g/mol. The number of alkyl halides is 2. The number of hydrogen-bond donors (Lipinski definition) is 1. The summed E-state index contributed by atoms with van der Waals surface area (Å²) in [6.45, 7) is 3.93. The first-order valence-electron chi connectivity index (χ1n) is 3.94. The van der Waals surface area contributed by atoms with E-state index in [1.165, 1.54) is 0 Å². The zero-order valence-electron chi connectivity index (χ0n) is 7.25. The van der Waals surface area contributed by atoms with Gasteiger partial charge in [0.05, 0.1) is 0 Å². The molecule has 0 atom stereocenters. The van der Waals surface area contributed by atoms with Crippen molar-refractivity contribution in [1.82, 2.24) is 5.32 Å². The summed E-state index contributed by atoms with van der Waals surface area (Å²) in [7, 11) is 1.82. The van der Waals surface area contributed by atoms with Crippen molar-refractivity contribution in [3.8, 4) is 0 Å². The van der Waals surface area contributed by atoms with Gasteiger partial charge in [-0.3, -0.25) is 0 Å². The van der Waals surface area contributed by atoms with Crippen molar-refractivity contribution < 1.29 is 8.78 Å². The molecule has 0 bridgehead atoms. The van der Waals surface area contributed by atoms with E-state index in [0.717, 1.165) is 0 Å². The highest BCUT2D eigenvalue weighted by molar-refractivity contribution is 4.97. The Kier molecular flexibility index (Phi) is 1.95. The molecule has 0 aromatic rings. The molecule has 3 heteroatoms. The highest BCUT2D eigenvalue weighted by Gasteiger charge is 2.50. The standard InChI is InChI=1S/C8H15F2N/c1-7(2,11-3)6-4-8(9,10)5-6/h6,11H,4-5H2,1-3H3. The summed E-state index contributed by atoms with van der Waals surface area (Å²) in [6.07, 6.45) is 0.0850. The van der Waals surface area contributed by atoms with Gasteiger partial charge < -0.3 is 5.32 Å². The van der Waals surface area contributed by atoms with Gasteiger partial charge in [0.15, 0.2) is 0 Å². The maximum atomic E-state index is 12.4. The molecular weight excluding hydrogens is 148 g/mol. The van der Waals surface area contributed by atoms with E-state index in [4.69, 9.17) is 0 Å². The molecule has 0 amide bonds. The maximum absolute atomic E-state index is 12.4. The van der Waals surface area contributed by atoms with Gasteiger partial charge in [-0.05, 0) is 26.8 Å². The van der Waals surface area contributed by atoms with E-state index in [1.54, 1.807) is 0 Å². The summed E-state index contributed by atoms with van der Waals surface area (Å²) < 4.78 is 24.9. The molecule has 1 saturated carbocycles. The molecule has 66 valence electrons. The van der Waals surface area contributed by atoms with Gasteiger partial charge in [-0.25, -0.2) is 8.78 Å². The summed E-state index contributed by atoms with van der Waals surface area (Å²) in [4.78, 5) is 0. The monoisotopic (exact) mass is 163 g/mol. The Bertz CT molecular complexity index is 146. The lowest BCUT2D eigenvalue weighted by Gasteiger charge is -2.44. The first-order chi connectivity index (χ1) is 4.87. The van der Waals surface area contributed by atoms with Crippen LogP contribution in [0.2, 0.25) is 0 Å². The fourth-order valence-electron chi connectivity index (χ4n) is 1.38. The zero-order valence-corrected chi connectivity index (χ0v) is 7.25. The molecule has 0 heterocycles. The summed E-state index contributed by atoms with van der Waals surface area (Å²) >= 11 is 0. The Morgan fingerprint density at radius 2 is 1.82 bits per heavy atom. The van der Waals surface area contributed by atoms with Crippen LogP contribution in [0.15, 0.2) is 0 Å². The second-order valence-corrected chi connectivity index (χ2v) is 3.93. The molecule has 0 spiro atoms. The van der Waals surface area contributed by atoms with Crippen molar-refractivity contribution in [2.75, 3.05) is 7.05 Å². The molecular formula is C8H15F2N. The fourth-order valence-corrected chi connectivity index (χ4v) is 1.38. The van der Waals surface area contributed by atoms with Crippen LogP contribution in [0.5, 0.6) is 0 Å². The summed E-state index contributed by atoms with van der Waals surface area (Å²) in [5, 5.41) is 3.05. The van der Waals surface area contributed by atoms with Crippen LogP contribution in [-0.2, 0) is 0 Å². The van der Waals surface area contributed by atoms with E-state index in [9.17, 15) is 8.78 Å². The largest absolute Gasteiger partial charge is 0.315 e. The van der Waals surface area contributed by atoms with Crippen LogP contribution in [0.1, 0.15) is 26.7 Å². The second kappa shape index (κ2) is 2.41. The Labute approximate surface area is 66.2 Å². The van der Waals surface area contributed by atoms with Gasteiger partial charge in [0, 0.05) is 18.4 Å². The second-order valence-electron chi connectivity index (χ2n) is 3.93. The van der Waals surface area contributed by atoms with Crippen LogP contribution in [0.4, 0.5) is 8.78 Å². The number of halogens is 2. The molecule has 1 rings (SSSR count). The van der Waals surface area contributed by atoms with Gasteiger partial charge >= 0.3 is 0 Å². The molecule has 1 nitrogen and oxygen atoms in total. The molecule has 1 aliphatic rings. The number of hydrogen-bond acceptors (Lipinski definition) is 1. The fraction of sp³-hybridized carbons (Fsp3) is 1.00. The van der Waals surface area contributed by atoms with Crippen molar-refractivity contribution in [3.05, 3.63) is 0 Å². The predicted octanol–water partition coefficient (Wildman–Crippen LogP) is 2.03. The Balaban J connectivity index is 2.43. The molecule has 0 radical (unpaired) electrons. The SMILES string of the molecule is CNC(C)(C)C1CC(F)(F)C1. The van der Waals surface area contributed by atoms with E-state index < -0.39 is 5.92 Å². The molecule has 1 fully saturated rings. The van der Waals surface area contributed by atoms with Crippen molar-refractivity contribution in [1.29, 1.82) is 0 Å². The molecule has 0 unspecified atom stereocenters. The van der Waals surface area contributed by atoms with Gasteiger partial charge in [0.1, 0.15) is 0 Å². The number of nitrogens with one attached hydrogen (secondary N) is 1. The third kappa shape index (κ3) is 1.70. The van der Waals surface area contributed by atoms with E-state index in [1.807, 2.05) is 20.9 Å². The minimum Gasteiger partial charge on any atom is -0.315 e. The summed E-state index contributed by atoms with van der Waals surface area (Å²) in [6, 6.07) is 0. The Morgan fingerprint density at radius 1 is 1.36 bits per heavy atom. The highest BCUT2D eigenvalue weighted by Crippen LogP contribution is 2.47. The average Bonchev–Trinajstić information content (AvgIpc) is 1.83. The molecule has 0 aromatic heterocycles. The smallest absolute Gasteiger partial charge is 0.248 e. The van der Waals surface area contributed by atoms with Crippen LogP contribution < -0.4 is 5.32 Å². The van der Waals surface area contributed by atoms with Gasteiger partial charge in [0.2, 0.25) is 5.92 Å². The molecule has 0 aliphatic heterocycles. The lowest BCUT2D eigenvalue weighted by atomic mass is 9.70. The van der Waals surface area contributed by atoms with E-state index in [2.05, 4.69) is 5.32 Å². The third-order valence-electron chi connectivity index (χ3n) is 2.76. The van der Waals surface area contributed by atoms with Crippen LogP contribution in [-0.4, -0.2) is 18.5 Å². The molecule has 1 aliphatic carbocycles. The van der Waals surface area contributed by atoms with Crippen LogP contribution in [0.25, 0.3) is 0 Å². The first kappa shape index (κ1) is 8.91. The van der Waals surface area contributed by atoms with Crippen molar-refractivity contribution in [2.45, 2.75) is 38.2 Å². The summed E-state index contributed by atoms with van der Waals surface area (Å²) in [5.41, 5.74) is -0.137. The van der Waals surface area contributed by atoms with E-state index >= 15 is 0 Å². The summed E-state index contributed by atoms with van der Waals surface area (Å²) in [5.74, 6) is -2.26. The maximum Gasteiger partial charge on any atom is 0.248 e. The normalized spacial score (nSPS) is 24.8. The molecule has 1 N–H and O–H groups in total. The third-order valence-corrected chi connectivity index (χ3v) is 2.76. The van der Waals surface area contributed by atoms with Gasteiger partial charge in [-0.1, -0.05) is 0 Å². The lowest BCUT2D eigenvalue weighted by Crippen LogP contribution is -2.53. The van der Waals surface area contributed by atoms with Crippen molar-refractivity contribution >= 4 is 0 Å². The van der Waals surface area contributed by atoms with Gasteiger partial charge in [0.25, 0.3) is 0 Å². The lowest BCUT2D eigenvalue weighted by molar-refractivity contribution is -0.130. The first-order valence-corrected chi connectivity index (χ1v) is 3.94. The number of rotatable bonds is 2. The van der Waals surface area contributed by atoms with Crippen LogP contribution in [0, 0.1) is 5.92 Å². The molecule has 11 heavy (non-hydrogen) atoms. The molecule has 0 aromatic carbocycles. The quantitative estimate of drug-likeness (QED) is 0.656. The zero-order chi connectivity index (χ0) is 8.70. The predicted molar refractivity (Wildman–Crippen MR) is 40.8 cm³/mol. The van der Waals surface area contributed by atoms with Gasteiger partial charge in [-0.15, -0.1) is 0 Å². The van der Waals surface area contributed by atoms with E-state index in [-0.39, 0.29) is 24.3 Å². The van der Waals surface area contributed by atoms with Crippen LogP contribution in [0.3, 0.4) is 0 Å². The highest BCUT2D eigenvalue weighted by atomic mass is 19.3. The topological polar surface area (TPSA) is 12.0 Å². The van der Waals surface area contributed by atoms with Crippen molar-refractivity contribution in [3.63, 3.8) is 0 Å². The minimum absolute atomic E-state index is 0.0425. The minimum atomic E-state index is -2.39. The molecule has 0 saturated heterocycles. The van der Waals surface area contributed by atoms with Gasteiger partial charge in [-0.2, -0.15) is 0 Å². The van der Waals surface area contributed by atoms with Crippen LogP contribution >= 0.6 is 0 Å².